The molecule has 0 saturated carbocycles. The Kier molecular flexibility index (Phi) is 8.78. The topological polar surface area (TPSA) is 46.1 Å². The van der Waals surface area contributed by atoms with Crippen LogP contribution in [0.15, 0.2) is 39.0 Å². The number of nitrogens with zero attached hydrogens (tertiary/aromatic N) is 3. The number of carbonyl (C=O) groups is 1. The Morgan fingerprint density at radius 2 is 1.92 bits per heavy atom. The Labute approximate surface area is 162 Å². The molecule has 0 aliphatic heterocycles. The van der Waals surface area contributed by atoms with Crippen LogP contribution < -0.4 is 0 Å². The van der Waals surface area contributed by atoms with Gasteiger partial charge in [-0.25, -0.2) is 0 Å². The molecule has 25 heavy (non-hydrogen) atoms. The highest BCUT2D eigenvalue weighted by Gasteiger charge is 2.22. The van der Waals surface area contributed by atoms with Crippen molar-refractivity contribution in [3.63, 3.8) is 0 Å². The Balaban J connectivity index is 1.90. The summed E-state index contributed by atoms with van der Waals surface area (Å²) in [6.45, 7) is 7.50. The summed E-state index contributed by atoms with van der Waals surface area (Å²) in [6, 6.07) is 10.1. The van der Waals surface area contributed by atoms with E-state index in [-0.39, 0.29) is 11.2 Å². The minimum Gasteiger partial charge on any atom is -0.338 e. The third kappa shape index (κ3) is 6.64. The molecule has 4 nitrogen and oxygen atoms in total. The van der Waals surface area contributed by atoms with Crippen molar-refractivity contribution >= 4 is 40.8 Å². The van der Waals surface area contributed by atoms with Gasteiger partial charge in [0.05, 0.1) is 5.25 Å². The summed E-state index contributed by atoms with van der Waals surface area (Å²) in [6.07, 6.45) is 2.37. The quantitative estimate of drug-likeness (QED) is 0.420. The lowest BCUT2D eigenvalue weighted by molar-refractivity contribution is -0.130. The van der Waals surface area contributed by atoms with Crippen molar-refractivity contribution < 1.29 is 4.79 Å². The van der Waals surface area contributed by atoms with Crippen LogP contribution >= 0.6 is 34.9 Å². The first kappa shape index (κ1) is 20.3. The predicted octanol–water partition coefficient (Wildman–Crippen LogP) is 4.96. The number of amides is 1. The number of unbranched alkanes of at least 4 members (excludes halogenated alkanes) is 1. The highest BCUT2D eigenvalue weighted by atomic mass is 32.2. The van der Waals surface area contributed by atoms with Gasteiger partial charge < -0.3 is 4.90 Å². The lowest BCUT2D eigenvalue weighted by atomic mass is 10.2. The number of carbonyl (C=O) groups excluding carboxylic acids is 1. The zero-order valence-electron chi connectivity index (χ0n) is 15.0. The first-order valence-electron chi connectivity index (χ1n) is 8.59. The Bertz CT molecular complexity index is 648. The molecular formula is C18H25N3OS3. The number of thioether (sulfide) groups is 2. The van der Waals surface area contributed by atoms with Crippen LogP contribution in [-0.2, 0) is 11.3 Å². The fourth-order valence-electron chi connectivity index (χ4n) is 2.22. The van der Waals surface area contributed by atoms with Gasteiger partial charge >= 0.3 is 0 Å². The van der Waals surface area contributed by atoms with Crippen LogP contribution in [0.5, 0.6) is 0 Å². The van der Waals surface area contributed by atoms with E-state index in [0.717, 1.165) is 20.0 Å². The highest BCUT2D eigenvalue weighted by molar-refractivity contribution is 8.03. The number of aromatic nitrogens is 2. The molecule has 0 bridgehead atoms. The third-order valence-electron chi connectivity index (χ3n) is 3.65. The average molecular weight is 396 g/mol. The smallest absolute Gasteiger partial charge is 0.236 e. The van der Waals surface area contributed by atoms with Gasteiger partial charge in [0.15, 0.2) is 8.68 Å². The molecule has 0 saturated heterocycles. The van der Waals surface area contributed by atoms with Gasteiger partial charge in [-0.15, -0.1) is 10.2 Å². The molecule has 0 aliphatic carbocycles. The van der Waals surface area contributed by atoms with Crippen molar-refractivity contribution in [2.24, 2.45) is 0 Å². The summed E-state index contributed by atoms with van der Waals surface area (Å²) < 4.78 is 1.86. The van der Waals surface area contributed by atoms with E-state index >= 15 is 0 Å². The van der Waals surface area contributed by atoms with Gasteiger partial charge in [0.1, 0.15) is 0 Å². The van der Waals surface area contributed by atoms with Crippen LogP contribution in [0.3, 0.4) is 0 Å². The largest absolute Gasteiger partial charge is 0.338 e. The maximum absolute atomic E-state index is 12.8. The van der Waals surface area contributed by atoms with E-state index in [0.29, 0.717) is 13.1 Å². The van der Waals surface area contributed by atoms with E-state index < -0.39 is 0 Å². The van der Waals surface area contributed by atoms with Crippen molar-refractivity contribution in [2.75, 3.05) is 12.3 Å². The van der Waals surface area contributed by atoms with Crippen LogP contribution in [0.1, 0.15) is 39.2 Å². The summed E-state index contributed by atoms with van der Waals surface area (Å²) in [5.41, 5.74) is 1.15. The van der Waals surface area contributed by atoms with Crippen molar-refractivity contribution in [1.82, 2.24) is 15.1 Å². The maximum atomic E-state index is 12.8. The molecule has 2 rings (SSSR count). The Morgan fingerprint density at radius 1 is 1.20 bits per heavy atom. The molecule has 0 radical (unpaired) electrons. The normalized spacial score (nSPS) is 12.1. The molecule has 136 valence electrons. The van der Waals surface area contributed by atoms with Crippen LogP contribution in [0.4, 0.5) is 0 Å². The van der Waals surface area contributed by atoms with Crippen molar-refractivity contribution in [3.05, 3.63) is 35.9 Å². The first-order valence-corrected chi connectivity index (χ1v) is 11.3. The molecule has 2 aromatic rings. The first-order chi connectivity index (χ1) is 12.1. The minimum absolute atomic E-state index is 0.145. The fraction of sp³-hybridized carbons (Fsp3) is 0.500. The van der Waals surface area contributed by atoms with E-state index in [1.165, 1.54) is 24.6 Å². The highest BCUT2D eigenvalue weighted by Crippen LogP contribution is 2.32. The molecule has 1 aromatic carbocycles. The Hall–Kier alpha value is -1.05. The number of hydrogen-bond donors (Lipinski definition) is 0. The molecule has 0 fully saturated rings. The molecule has 0 spiro atoms. The summed E-state index contributed by atoms with van der Waals surface area (Å²) in [7, 11) is 0. The molecule has 1 aromatic heterocycles. The number of rotatable bonds is 10. The van der Waals surface area contributed by atoms with Crippen molar-refractivity contribution in [3.8, 4) is 0 Å². The summed E-state index contributed by atoms with van der Waals surface area (Å²) in [4.78, 5) is 14.7. The molecule has 7 heteroatoms. The monoisotopic (exact) mass is 395 g/mol. The lowest BCUT2D eigenvalue weighted by Crippen LogP contribution is -2.35. The van der Waals surface area contributed by atoms with Gasteiger partial charge in [0, 0.05) is 18.8 Å². The maximum Gasteiger partial charge on any atom is 0.236 e. The molecule has 1 atom stereocenters. The third-order valence-corrected chi connectivity index (χ3v) is 6.96. The Morgan fingerprint density at radius 3 is 2.60 bits per heavy atom. The van der Waals surface area contributed by atoms with Gasteiger partial charge in [0.25, 0.3) is 0 Å². The zero-order chi connectivity index (χ0) is 18.1. The average Bonchev–Trinajstić information content (AvgIpc) is 3.07. The standard InChI is InChI=1S/C18H25N3OS3/c1-4-6-12-23-17-19-20-18(25-17)24-14(3)16(22)21(5-2)13-15-10-8-7-9-11-15/h7-11,14H,4-6,12-13H2,1-3H3. The lowest BCUT2D eigenvalue weighted by Gasteiger charge is -2.23. The predicted molar refractivity (Wildman–Crippen MR) is 108 cm³/mol. The van der Waals surface area contributed by atoms with E-state index in [1.807, 2.05) is 36.9 Å². The molecule has 1 amide bonds. The van der Waals surface area contributed by atoms with Gasteiger partial charge in [-0.05, 0) is 25.8 Å². The molecule has 0 aliphatic rings. The molecular weight excluding hydrogens is 370 g/mol. The van der Waals surface area contributed by atoms with Crippen molar-refractivity contribution in [2.45, 2.75) is 54.1 Å². The number of hydrogen-bond acceptors (Lipinski definition) is 6. The van der Waals surface area contributed by atoms with Gasteiger partial charge in [-0.1, -0.05) is 78.5 Å². The van der Waals surface area contributed by atoms with Gasteiger partial charge in [-0.2, -0.15) is 0 Å². The van der Waals surface area contributed by atoms with E-state index in [1.54, 1.807) is 23.1 Å². The summed E-state index contributed by atoms with van der Waals surface area (Å²) in [5, 5.41) is 8.28. The minimum atomic E-state index is -0.162. The van der Waals surface area contributed by atoms with Gasteiger partial charge in [-0.3, -0.25) is 4.79 Å². The van der Waals surface area contributed by atoms with E-state index in [9.17, 15) is 4.79 Å². The van der Waals surface area contributed by atoms with E-state index in [2.05, 4.69) is 29.3 Å². The van der Waals surface area contributed by atoms with Gasteiger partial charge in [0.2, 0.25) is 5.91 Å². The second kappa shape index (κ2) is 10.8. The molecule has 1 heterocycles. The van der Waals surface area contributed by atoms with Crippen molar-refractivity contribution in [1.29, 1.82) is 0 Å². The van der Waals surface area contributed by atoms with Crippen LogP contribution in [0.25, 0.3) is 0 Å². The molecule has 0 N–H and O–H groups in total. The summed E-state index contributed by atoms with van der Waals surface area (Å²) in [5.74, 6) is 1.22. The molecule has 1 unspecified atom stereocenters. The summed E-state index contributed by atoms with van der Waals surface area (Å²) >= 11 is 4.84. The van der Waals surface area contributed by atoms with Crippen LogP contribution in [-0.4, -0.2) is 38.6 Å². The number of benzene rings is 1. The fourth-order valence-corrected chi connectivity index (χ4v) is 5.62. The SMILES string of the molecule is CCCCSc1nnc(SC(C)C(=O)N(CC)Cc2ccccc2)s1. The second-order valence-corrected chi connectivity index (χ2v) is 9.54. The second-order valence-electron chi connectivity index (χ2n) is 5.63. The van der Waals surface area contributed by atoms with Crippen LogP contribution in [0.2, 0.25) is 0 Å². The van der Waals surface area contributed by atoms with Crippen LogP contribution in [0, 0.1) is 0 Å². The zero-order valence-corrected chi connectivity index (χ0v) is 17.4. The van der Waals surface area contributed by atoms with E-state index in [4.69, 9.17) is 0 Å².